The molecule has 2 rings (SSSR count). The van der Waals surface area contributed by atoms with E-state index in [2.05, 4.69) is 15.6 Å². The summed E-state index contributed by atoms with van der Waals surface area (Å²) in [6.45, 7) is 1.97. The standard InChI is InChI=1S/C13H18N4O2/c1-19-12-4-2-11(3-5-12)13(18)10-14-6-8-17-9-7-15-16-17/h2-5,7,9,13-14,18H,6,8,10H2,1H3. The van der Waals surface area contributed by atoms with Gasteiger partial charge in [-0.2, -0.15) is 0 Å². The molecule has 1 heterocycles. The van der Waals surface area contributed by atoms with E-state index >= 15 is 0 Å². The summed E-state index contributed by atoms with van der Waals surface area (Å²) in [6.07, 6.45) is 2.93. The first-order valence-corrected chi connectivity index (χ1v) is 6.16. The number of benzene rings is 1. The van der Waals surface area contributed by atoms with E-state index in [1.807, 2.05) is 30.5 Å². The van der Waals surface area contributed by atoms with E-state index in [-0.39, 0.29) is 0 Å². The Balaban J connectivity index is 1.72. The van der Waals surface area contributed by atoms with Gasteiger partial charge in [0.25, 0.3) is 0 Å². The molecule has 2 aromatic rings. The highest BCUT2D eigenvalue weighted by Gasteiger charge is 2.06. The normalized spacial score (nSPS) is 12.3. The summed E-state index contributed by atoms with van der Waals surface area (Å²) >= 11 is 0. The van der Waals surface area contributed by atoms with Gasteiger partial charge in [-0.15, -0.1) is 5.10 Å². The van der Waals surface area contributed by atoms with Crippen LogP contribution >= 0.6 is 0 Å². The van der Waals surface area contributed by atoms with Gasteiger partial charge in [0.1, 0.15) is 5.75 Å². The molecule has 1 atom stereocenters. The van der Waals surface area contributed by atoms with E-state index in [0.717, 1.165) is 24.4 Å². The first-order chi connectivity index (χ1) is 9.29. The summed E-state index contributed by atoms with van der Waals surface area (Å²) in [7, 11) is 1.62. The molecule has 0 spiro atoms. The lowest BCUT2D eigenvalue weighted by Gasteiger charge is -2.12. The minimum atomic E-state index is -0.526. The van der Waals surface area contributed by atoms with Crippen LogP contribution in [0.5, 0.6) is 5.75 Å². The Morgan fingerprint density at radius 1 is 1.37 bits per heavy atom. The van der Waals surface area contributed by atoms with E-state index in [1.165, 1.54) is 0 Å². The molecule has 1 aromatic carbocycles. The van der Waals surface area contributed by atoms with Gasteiger partial charge in [-0.1, -0.05) is 17.3 Å². The minimum absolute atomic E-state index is 0.501. The second kappa shape index (κ2) is 6.86. The molecule has 0 bridgehead atoms. The summed E-state index contributed by atoms with van der Waals surface area (Å²) < 4.78 is 6.82. The van der Waals surface area contributed by atoms with Gasteiger partial charge >= 0.3 is 0 Å². The van der Waals surface area contributed by atoms with Crippen molar-refractivity contribution in [3.63, 3.8) is 0 Å². The SMILES string of the molecule is COc1ccc(C(O)CNCCn2ccnn2)cc1. The van der Waals surface area contributed by atoms with Gasteiger partial charge in [-0.05, 0) is 17.7 Å². The highest BCUT2D eigenvalue weighted by atomic mass is 16.5. The molecule has 0 aliphatic rings. The summed E-state index contributed by atoms with van der Waals surface area (Å²) in [6, 6.07) is 7.41. The predicted molar refractivity (Wildman–Crippen MR) is 70.8 cm³/mol. The third-order valence-corrected chi connectivity index (χ3v) is 2.83. The fraction of sp³-hybridized carbons (Fsp3) is 0.385. The van der Waals surface area contributed by atoms with Crippen LogP contribution in [0.1, 0.15) is 11.7 Å². The zero-order chi connectivity index (χ0) is 13.5. The molecule has 0 aliphatic heterocycles. The first-order valence-electron chi connectivity index (χ1n) is 6.16. The van der Waals surface area contributed by atoms with Crippen LogP contribution in [-0.2, 0) is 6.54 Å². The van der Waals surface area contributed by atoms with Gasteiger partial charge in [0.05, 0.1) is 26.0 Å². The van der Waals surface area contributed by atoms with E-state index in [9.17, 15) is 5.11 Å². The highest BCUT2D eigenvalue weighted by Crippen LogP contribution is 2.16. The molecule has 0 saturated heterocycles. The molecule has 0 fully saturated rings. The van der Waals surface area contributed by atoms with E-state index < -0.39 is 6.10 Å². The van der Waals surface area contributed by atoms with Crippen molar-refractivity contribution in [3.8, 4) is 5.75 Å². The van der Waals surface area contributed by atoms with Gasteiger partial charge in [-0.25, -0.2) is 0 Å². The van der Waals surface area contributed by atoms with Crippen LogP contribution in [0.3, 0.4) is 0 Å². The minimum Gasteiger partial charge on any atom is -0.497 e. The lowest BCUT2D eigenvalue weighted by Crippen LogP contribution is -2.25. The smallest absolute Gasteiger partial charge is 0.118 e. The Labute approximate surface area is 112 Å². The Hall–Kier alpha value is -1.92. The van der Waals surface area contributed by atoms with E-state index in [4.69, 9.17) is 4.74 Å². The molecule has 6 nitrogen and oxygen atoms in total. The molecule has 6 heteroatoms. The third kappa shape index (κ3) is 4.04. The van der Waals surface area contributed by atoms with Gasteiger partial charge in [-0.3, -0.25) is 4.68 Å². The number of aliphatic hydroxyl groups is 1. The molecule has 1 unspecified atom stereocenters. The number of aromatic nitrogens is 3. The van der Waals surface area contributed by atoms with Crippen molar-refractivity contribution < 1.29 is 9.84 Å². The Morgan fingerprint density at radius 2 is 2.16 bits per heavy atom. The maximum atomic E-state index is 10.0. The van der Waals surface area contributed by atoms with Crippen molar-refractivity contribution in [1.29, 1.82) is 0 Å². The largest absolute Gasteiger partial charge is 0.497 e. The Kier molecular flexibility index (Phi) is 4.88. The van der Waals surface area contributed by atoms with Crippen LogP contribution in [0.4, 0.5) is 0 Å². The molecule has 0 radical (unpaired) electrons. The molecular formula is C13H18N4O2. The second-order valence-electron chi connectivity index (χ2n) is 4.16. The van der Waals surface area contributed by atoms with Crippen LogP contribution < -0.4 is 10.1 Å². The zero-order valence-electron chi connectivity index (χ0n) is 10.9. The Bertz CT molecular complexity index is 470. The second-order valence-corrected chi connectivity index (χ2v) is 4.16. The summed E-state index contributed by atoms with van der Waals surface area (Å²) in [5.74, 6) is 0.787. The highest BCUT2D eigenvalue weighted by molar-refractivity contribution is 5.28. The van der Waals surface area contributed by atoms with Crippen molar-refractivity contribution in [2.24, 2.45) is 0 Å². The lowest BCUT2D eigenvalue weighted by molar-refractivity contribution is 0.174. The maximum absolute atomic E-state index is 10.0. The van der Waals surface area contributed by atoms with Crippen molar-refractivity contribution in [2.75, 3.05) is 20.2 Å². The van der Waals surface area contributed by atoms with Crippen LogP contribution in [0, 0.1) is 0 Å². The zero-order valence-corrected chi connectivity index (χ0v) is 10.9. The number of hydrogen-bond donors (Lipinski definition) is 2. The number of nitrogens with zero attached hydrogens (tertiary/aromatic N) is 3. The summed E-state index contributed by atoms with van der Waals surface area (Å²) in [5, 5.41) is 20.8. The average molecular weight is 262 g/mol. The Morgan fingerprint density at radius 3 is 2.79 bits per heavy atom. The fourth-order valence-electron chi connectivity index (χ4n) is 1.73. The van der Waals surface area contributed by atoms with Crippen molar-refractivity contribution in [2.45, 2.75) is 12.6 Å². The van der Waals surface area contributed by atoms with E-state index in [0.29, 0.717) is 6.54 Å². The average Bonchev–Trinajstić information content (AvgIpc) is 2.96. The van der Waals surface area contributed by atoms with Crippen molar-refractivity contribution in [3.05, 3.63) is 42.2 Å². The predicted octanol–water partition coefficient (Wildman–Crippen LogP) is 0.610. The summed E-state index contributed by atoms with van der Waals surface area (Å²) in [4.78, 5) is 0. The number of ether oxygens (including phenoxy) is 1. The molecule has 0 aliphatic carbocycles. The molecular weight excluding hydrogens is 244 g/mol. The fourth-order valence-corrected chi connectivity index (χ4v) is 1.73. The van der Waals surface area contributed by atoms with Crippen LogP contribution in [0.15, 0.2) is 36.7 Å². The van der Waals surface area contributed by atoms with Gasteiger partial charge < -0.3 is 15.2 Å². The van der Waals surface area contributed by atoms with Crippen LogP contribution in [0.2, 0.25) is 0 Å². The maximum Gasteiger partial charge on any atom is 0.118 e. The number of rotatable bonds is 7. The molecule has 1 aromatic heterocycles. The van der Waals surface area contributed by atoms with Gasteiger partial charge in [0.2, 0.25) is 0 Å². The molecule has 102 valence electrons. The molecule has 0 saturated carbocycles. The quantitative estimate of drug-likeness (QED) is 0.715. The molecule has 0 amide bonds. The van der Waals surface area contributed by atoms with Crippen molar-refractivity contribution >= 4 is 0 Å². The van der Waals surface area contributed by atoms with Crippen LogP contribution in [0.25, 0.3) is 0 Å². The number of hydrogen-bond acceptors (Lipinski definition) is 5. The third-order valence-electron chi connectivity index (χ3n) is 2.83. The monoisotopic (exact) mass is 262 g/mol. The van der Waals surface area contributed by atoms with Crippen molar-refractivity contribution in [1.82, 2.24) is 20.3 Å². The number of methoxy groups -OCH3 is 1. The number of aliphatic hydroxyl groups excluding tert-OH is 1. The molecule has 19 heavy (non-hydrogen) atoms. The first kappa shape index (κ1) is 13.5. The molecule has 2 N–H and O–H groups in total. The number of nitrogens with one attached hydrogen (secondary N) is 1. The summed E-state index contributed by atoms with van der Waals surface area (Å²) in [5.41, 5.74) is 0.869. The van der Waals surface area contributed by atoms with Gasteiger partial charge in [0.15, 0.2) is 0 Å². The van der Waals surface area contributed by atoms with Crippen LogP contribution in [-0.4, -0.2) is 40.3 Å². The topological polar surface area (TPSA) is 72.2 Å². The van der Waals surface area contributed by atoms with E-state index in [1.54, 1.807) is 18.0 Å². The van der Waals surface area contributed by atoms with Gasteiger partial charge in [0, 0.05) is 19.3 Å². The lowest BCUT2D eigenvalue weighted by atomic mass is 10.1.